The highest BCUT2D eigenvalue weighted by Gasteiger charge is 2.11. The molecule has 6 nitrogen and oxygen atoms in total. The van der Waals surface area contributed by atoms with Gasteiger partial charge in [-0.15, -0.1) is 0 Å². The summed E-state index contributed by atoms with van der Waals surface area (Å²) in [5, 5.41) is 6.50. The number of amides is 1. The molecule has 2 aromatic rings. The standard InChI is InChI=1S/C14H17FN4O2/c1-9-8-10(2-3-11(9)15)14-18-13(21-19-14)5-4-12(20)17-7-6-16/h2-3,8H,4-7,16H2,1H3,(H,17,20). The number of hydrogen-bond donors (Lipinski definition) is 2. The van der Waals surface area contributed by atoms with Crippen LogP contribution in [0.5, 0.6) is 0 Å². The lowest BCUT2D eigenvalue weighted by Gasteiger charge is -2.00. The molecule has 0 aliphatic heterocycles. The summed E-state index contributed by atoms with van der Waals surface area (Å²) in [6.07, 6.45) is 0.605. The Hall–Kier alpha value is -2.28. The lowest BCUT2D eigenvalue weighted by atomic mass is 10.1. The number of halogens is 1. The van der Waals surface area contributed by atoms with Gasteiger partial charge >= 0.3 is 0 Å². The SMILES string of the molecule is Cc1cc(-c2noc(CCC(=O)NCCN)n2)ccc1F. The summed E-state index contributed by atoms with van der Waals surface area (Å²) < 4.78 is 18.3. The maximum atomic E-state index is 13.2. The zero-order chi connectivity index (χ0) is 15.2. The van der Waals surface area contributed by atoms with Crippen molar-refractivity contribution in [2.24, 2.45) is 5.73 Å². The first kappa shape index (κ1) is 15.1. The van der Waals surface area contributed by atoms with E-state index in [1.165, 1.54) is 6.07 Å². The fourth-order valence-electron chi connectivity index (χ4n) is 1.78. The number of rotatable bonds is 6. The summed E-state index contributed by atoms with van der Waals surface area (Å²) in [6.45, 7) is 2.52. The van der Waals surface area contributed by atoms with Crippen LogP contribution in [0.1, 0.15) is 17.9 Å². The van der Waals surface area contributed by atoms with E-state index in [1.54, 1.807) is 19.1 Å². The smallest absolute Gasteiger partial charge is 0.227 e. The van der Waals surface area contributed by atoms with Gasteiger partial charge in [-0.1, -0.05) is 5.16 Å². The molecule has 0 spiro atoms. The quantitative estimate of drug-likeness (QED) is 0.834. The third-order valence-electron chi connectivity index (χ3n) is 2.92. The normalized spacial score (nSPS) is 10.6. The first-order valence-corrected chi connectivity index (χ1v) is 6.66. The second kappa shape index (κ2) is 6.94. The monoisotopic (exact) mass is 292 g/mol. The van der Waals surface area contributed by atoms with Gasteiger partial charge in [0.05, 0.1) is 0 Å². The van der Waals surface area contributed by atoms with E-state index in [9.17, 15) is 9.18 Å². The molecule has 0 bridgehead atoms. The van der Waals surface area contributed by atoms with Gasteiger partial charge in [0.1, 0.15) is 5.82 Å². The van der Waals surface area contributed by atoms with Crippen LogP contribution in [0.2, 0.25) is 0 Å². The van der Waals surface area contributed by atoms with Gasteiger partial charge in [-0.3, -0.25) is 4.79 Å². The van der Waals surface area contributed by atoms with E-state index in [2.05, 4.69) is 15.5 Å². The summed E-state index contributed by atoms with van der Waals surface area (Å²) in [7, 11) is 0. The Morgan fingerprint density at radius 1 is 1.48 bits per heavy atom. The molecule has 21 heavy (non-hydrogen) atoms. The fraction of sp³-hybridized carbons (Fsp3) is 0.357. The van der Waals surface area contributed by atoms with Crippen molar-refractivity contribution < 1.29 is 13.7 Å². The number of hydrogen-bond acceptors (Lipinski definition) is 5. The van der Waals surface area contributed by atoms with Gasteiger partial charge in [0.2, 0.25) is 17.6 Å². The molecular weight excluding hydrogens is 275 g/mol. The summed E-state index contributed by atoms with van der Waals surface area (Å²) in [5.74, 6) is 0.363. The van der Waals surface area contributed by atoms with Gasteiger partial charge in [0, 0.05) is 31.5 Å². The van der Waals surface area contributed by atoms with E-state index in [1.807, 2.05) is 0 Å². The molecule has 0 saturated heterocycles. The summed E-state index contributed by atoms with van der Waals surface area (Å²) in [6, 6.07) is 4.60. The predicted molar refractivity (Wildman–Crippen MR) is 74.8 cm³/mol. The summed E-state index contributed by atoms with van der Waals surface area (Å²) in [4.78, 5) is 15.6. The maximum absolute atomic E-state index is 13.2. The number of nitrogens with one attached hydrogen (secondary N) is 1. The number of carbonyl (C=O) groups excluding carboxylic acids is 1. The largest absolute Gasteiger partial charge is 0.355 e. The molecule has 0 aliphatic carbocycles. The molecule has 1 aromatic carbocycles. The van der Waals surface area contributed by atoms with Gasteiger partial charge in [0.25, 0.3) is 0 Å². The zero-order valence-corrected chi connectivity index (χ0v) is 11.7. The van der Waals surface area contributed by atoms with Crippen LogP contribution in [0, 0.1) is 12.7 Å². The van der Waals surface area contributed by atoms with Crippen LogP contribution in [0.3, 0.4) is 0 Å². The summed E-state index contributed by atoms with van der Waals surface area (Å²) in [5.41, 5.74) is 6.48. The minimum atomic E-state index is -0.279. The first-order chi connectivity index (χ1) is 10.1. The Bertz CT molecular complexity index is 627. The minimum absolute atomic E-state index is 0.113. The lowest BCUT2D eigenvalue weighted by Crippen LogP contribution is -2.29. The molecule has 7 heteroatoms. The van der Waals surface area contributed by atoms with Crippen LogP contribution >= 0.6 is 0 Å². The highest BCUT2D eigenvalue weighted by Crippen LogP contribution is 2.19. The van der Waals surface area contributed by atoms with Crippen molar-refractivity contribution in [3.63, 3.8) is 0 Å². The molecule has 1 heterocycles. The van der Waals surface area contributed by atoms with Crippen LogP contribution in [0.4, 0.5) is 4.39 Å². The predicted octanol–water partition coefficient (Wildman–Crippen LogP) is 1.19. The molecule has 112 valence electrons. The topological polar surface area (TPSA) is 94.0 Å². The van der Waals surface area contributed by atoms with Gasteiger partial charge < -0.3 is 15.6 Å². The van der Waals surface area contributed by atoms with Crippen LogP contribution in [0.25, 0.3) is 11.4 Å². The Morgan fingerprint density at radius 3 is 3.00 bits per heavy atom. The third-order valence-corrected chi connectivity index (χ3v) is 2.92. The van der Waals surface area contributed by atoms with Crippen molar-refractivity contribution in [3.8, 4) is 11.4 Å². The van der Waals surface area contributed by atoms with E-state index in [4.69, 9.17) is 10.3 Å². The number of nitrogens with zero attached hydrogens (tertiary/aromatic N) is 2. The molecule has 0 aliphatic rings. The Balaban J connectivity index is 1.98. The lowest BCUT2D eigenvalue weighted by molar-refractivity contribution is -0.121. The first-order valence-electron chi connectivity index (χ1n) is 6.66. The maximum Gasteiger partial charge on any atom is 0.227 e. The molecular formula is C14H17FN4O2. The van der Waals surface area contributed by atoms with E-state index >= 15 is 0 Å². The van der Waals surface area contributed by atoms with E-state index < -0.39 is 0 Å². The molecule has 1 aromatic heterocycles. The number of benzene rings is 1. The summed E-state index contributed by atoms with van der Waals surface area (Å²) >= 11 is 0. The molecule has 0 saturated carbocycles. The van der Waals surface area contributed by atoms with Crippen molar-refractivity contribution in [2.45, 2.75) is 19.8 Å². The van der Waals surface area contributed by atoms with Crippen molar-refractivity contribution in [1.29, 1.82) is 0 Å². The minimum Gasteiger partial charge on any atom is -0.355 e. The second-order valence-electron chi connectivity index (χ2n) is 4.61. The van der Waals surface area contributed by atoms with Gasteiger partial charge in [-0.25, -0.2) is 4.39 Å². The van der Waals surface area contributed by atoms with Crippen LogP contribution in [-0.2, 0) is 11.2 Å². The van der Waals surface area contributed by atoms with Gasteiger partial charge in [0.15, 0.2) is 0 Å². The number of carbonyl (C=O) groups is 1. The van der Waals surface area contributed by atoms with Crippen LogP contribution in [-0.4, -0.2) is 29.1 Å². The van der Waals surface area contributed by atoms with Crippen LogP contribution in [0.15, 0.2) is 22.7 Å². The van der Waals surface area contributed by atoms with E-state index in [-0.39, 0.29) is 18.1 Å². The Morgan fingerprint density at radius 2 is 2.29 bits per heavy atom. The molecule has 1 amide bonds. The number of aryl methyl sites for hydroxylation is 2. The number of aromatic nitrogens is 2. The second-order valence-corrected chi connectivity index (χ2v) is 4.61. The fourth-order valence-corrected chi connectivity index (χ4v) is 1.78. The number of nitrogens with two attached hydrogens (primary N) is 1. The van der Waals surface area contributed by atoms with Crippen molar-refractivity contribution in [2.75, 3.05) is 13.1 Å². The highest BCUT2D eigenvalue weighted by atomic mass is 19.1. The molecule has 2 rings (SSSR count). The van der Waals surface area contributed by atoms with E-state index in [0.717, 1.165) is 0 Å². The molecule has 0 fully saturated rings. The Labute approximate surface area is 121 Å². The Kier molecular flexibility index (Phi) is 4.99. The molecule has 0 unspecified atom stereocenters. The van der Waals surface area contributed by atoms with Gasteiger partial charge in [-0.05, 0) is 30.7 Å². The van der Waals surface area contributed by atoms with E-state index in [0.29, 0.717) is 42.4 Å². The molecule has 0 radical (unpaired) electrons. The van der Waals surface area contributed by atoms with Crippen LogP contribution < -0.4 is 11.1 Å². The average Bonchev–Trinajstić information content (AvgIpc) is 2.94. The van der Waals surface area contributed by atoms with Crippen molar-refractivity contribution >= 4 is 5.91 Å². The highest BCUT2D eigenvalue weighted by molar-refractivity contribution is 5.76. The molecule has 3 N–H and O–H groups in total. The van der Waals surface area contributed by atoms with Crippen molar-refractivity contribution in [1.82, 2.24) is 15.5 Å². The van der Waals surface area contributed by atoms with Gasteiger partial charge in [-0.2, -0.15) is 4.98 Å². The zero-order valence-electron chi connectivity index (χ0n) is 11.7. The van der Waals surface area contributed by atoms with Crippen molar-refractivity contribution in [3.05, 3.63) is 35.5 Å². The third kappa shape index (κ3) is 4.09. The molecule has 0 atom stereocenters. The average molecular weight is 292 g/mol.